The average Bonchev–Trinajstić information content (AvgIpc) is 1.98. The van der Waals surface area contributed by atoms with Crippen molar-refractivity contribution >= 4 is 5.97 Å². The highest BCUT2D eigenvalue weighted by Crippen LogP contribution is 2.05. The zero-order valence-electron chi connectivity index (χ0n) is 8.50. The molecule has 72 valence electrons. The van der Waals surface area contributed by atoms with Gasteiger partial charge >= 0.3 is 5.97 Å². The molecule has 0 aromatic carbocycles. The summed E-state index contributed by atoms with van der Waals surface area (Å²) in [5.41, 5.74) is 0.0868. The molecule has 0 aromatic rings. The number of allylic oxidation sites excluding steroid dienone is 1. The smallest absolute Gasteiger partial charge is 0.348 e. The van der Waals surface area contributed by atoms with Crippen LogP contribution in [-0.4, -0.2) is 12.1 Å². The quantitative estimate of drug-likeness (QED) is 0.380. The van der Waals surface area contributed by atoms with Gasteiger partial charge in [0.1, 0.15) is 11.6 Å². The van der Waals surface area contributed by atoms with Gasteiger partial charge in [-0.1, -0.05) is 19.9 Å². The van der Waals surface area contributed by atoms with Crippen LogP contribution in [0.4, 0.5) is 0 Å². The maximum atomic E-state index is 11.2. The molecule has 0 N–H and O–H groups in total. The third-order valence-electron chi connectivity index (χ3n) is 1.18. The summed E-state index contributed by atoms with van der Waals surface area (Å²) in [6.45, 7) is 7.31. The zero-order chi connectivity index (χ0) is 10.4. The lowest BCUT2D eigenvalue weighted by molar-refractivity contribution is -0.142. The van der Waals surface area contributed by atoms with Gasteiger partial charge in [-0.15, -0.1) is 0 Å². The van der Waals surface area contributed by atoms with Crippen molar-refractivity contribution in [1.29, 1.82) is 5.26 Å². The first-order valence-electron chi connectivity index (χ1n) is 4.30. The van der Waals surface area contributed by atoms with Crippen LogP contribution < -0.4 is 0 Å². The van der Waals surface area contributed by atoms with E-state index in [0.717, 1.165) is 0 Å². The monoisotopic (exact) mass is 181 g/mol. The molecule has 0 bridgehead atoms. The van der Waals surface area contributed by atoms with Crippen molar-refractivity contribution < 1.29 is 9.53 Å². The van der Waals surface area contributed by atoms with E-state index >= 15 is 0 Å². The Balaban J connectivity index is 4.44. The molecule has 0 saturated carbocycles. The lowest BCUT2D eigenvalue weighted by atomic mass is 10.1. The standard InChI is InChI=1S/C10H15NO2/c1-7(2)5-9(6-11)10(12)13-8(3)4/h5,7-8H,1-4H3/b9-5+. The Hall–Kier alpha value is -1.30. The van der Waals surface area contributed by atoms with E-state index in [-0.39, 0.29) is 17.6 Å². The number of rotatable bonds is 3. The van der Waals surface area contributed by atoms with Crippen molar-refractivity contribution in [2.75, 3.05) is 0 Å². The van der Waals surface area contributed by atoms with Gasteiger partial charge in [-0.2, -0.15) is 5.26 Å². The van der Waals surface area contributed by atoms with Crippen LogP contribution in [0.2, 0.25) is 0 Å². The first kappa shape index (κ1) is 11.7. The number of esters is 1. The fraction of sp³-hybridized carbons (Fsp3) is 0.600. The summed E-state index contributed by atoms with van der Waals surface area (Å²) in [7, 11) is 0. The molecule has 0 saturated heterocycles. The van der Waals surface area contributed by atoms with Crippen LogP contribution in [0.25, 0.3) is 0 Å². The first-order chi connectivity index (χ1) is 5.97. The summed E-state index contributed by atoms with van der Waals surface area (Å²) in [4.78, 5) is 11.2. The van der Waals surface area contributed by atoms with E-state index in [0.29, 0.717) is 0 Å². The van der Waals surface area contributed by atoms with Gasteiger partial charge in [0.2, 0.25) is 0 Å². The van der Waals surface area contributed by atoms with Crippen molar-refractivity contribution in [1.82, 2.24) is 0 Å². The third-order valence-corrected chi connectivity index (χ3v) is 1.18. The SMILES string of the molecule is CC(C)/C=C(\C#N)C(=O)OC(C)C. The number of carbonyl (C=O) groups excluding carboxylic acids is 1. The Labute approximate surface area is 79.0 Å². The summed E-state index contributed by atoms with van der Waals surface area (Å²) >= 11 is 0. The largest absolute Gasteiger partial charge is 0.459 e. The summed E-state index contributed by atoms with van der Waals surface area (Å²) in [5.74, 6) is -0.361. The van der Waals surface area contributed by atoms with Gasteiger partial charge in [0.25, 0.3) is 0 Å². The van der Waals surface area contributed by atoms with E-state index < -0.39 is 5.97 Å². The van der Waals surface area contributed by atoms with E-state index in [9.17, 15) is 4.79 Å². The molecule has 0 aromatic heterocycles. The summed E-state index contributed by atoms with van der Waals surface area (Å²) in [5, 5.41) is 8.64. The summed E-state index contributed by atoms with van der Waals surface area (Å²) in [6, 6.07) is 1.83. The number of carbonyl (C=O) groups is 1. The number of nitriles is 1. The predicted octanol–water partition coefficient (Wildman–Crippen LogP) is 2.04. The second-order valence-electron chi connectivity index (χ2n) is 3.39. The molecule has 0 spiro atoms. The van der Waals surface area contributed by atoms with Crippen LogP contribution >= 0.6 is 0 Å². The number of nitrogens with zero attached hydrogens (tertiary/aromatic N) is 1. The molecule has 0 rings (SSSR count). The molecular weight excluding hydrogens is 166 g/mol. The average molecular weight is 181 g/mol. The second-order valence-corrected chi connectivity index (χ2v) is 3.39. The van der Waals surface area contributed by atoms with Gasteiger partial charge in [-0.05, 0) is 19.8 Å². The molecule has 13 heavy (non-hydrogen) atoms. The van der Waals surface area contributed by atoms with Crippen molar-refractivity contribution in [3.8, 4) is 6.07 Å². The first-order valence-corrected chi connectivity index (χ1v) is 4.30. The lowest BCUT2D eigenvalue weighted by Gasteiger charge is -2.06. The fourth-order valence-electron chi connectivity index (χ4n) is 0.762. The minimum Gasteiger partial charge on any atom is -0.459 e. The maximum Gasteiger partial charge on any atom is 0.348 e. The van der Waals surface area contributed by atoms with Gasteiger partial charge in [0.05, 0.1) is 6.10 Å². The molecule has 0 aliphatic heterocycles. The van der Waals surface area contributed by atoms with Crippen molar-refractivity contribution in [2.24, 2.45) is 5.92 Å². The van der Waals surface area contributed by atoms with Crippen molar-refractivity contribution in [2.45, 2.75) is 33.8 Å². The van der Waals surface area contributed by atoms with Crippen LogP contribution in [-0.2, 0) is 9.53 Å². The Bertz CT molecular complexity index is 246. The number of hydrogen-bond acceptors (Lipinski definition) is 3. The molecule has 0 unspecified atom stereocenters. The van der Waals surface area contributed by atoms with Crippen LogP contribution in [0.15, 0.2) is 11.6 Å². The topological polar surface area (TPSA) is 50.1 Å². The molecule has 3 heteroatoms. The number of hydrogen-bond donors (Lipinski definition) is 0. The second kappa shape index (κ2) is 5.36. The highest BCUT2D eigenvalue weighted by atomic mass is 16.5. The van der Waals surface area contributed by atoms with Crippen LogP contribution in [0.5, 0.6) is 0 Å². The van der Waals surface area contributed by atoms with E-state index in [1.165, 1.54) is 0 Å². The van der Waals surface area contributed by atoms with Crippen LogP contribution in [0.3, 0.4) is 0 Å². The maximum absolute atomic E-state index is 11.2. The third kappa shape index (κ3) is 5.02. The van der Waals surface area contributed by atoms with E-state index in [4.69, 9.17) is 10.00 Å². The van der Waals surface area contributed by atoms with Gasteiger partial charge in [0.15, 0.2) is 0 Å². The summed E-state index contributed by atoms with van der Waals surface area (Å²) in [6.07, 6.45) is 1.42. The molecule has 0 heterocycles. The summed E-state index contributed by atoms with van der Waals surface area (Å²) < 4.78 is 4.87. The van der Waals surface area contributed by atoms with Gasteiger partial charge in [-0.25, -0.2) is 4.79 Å². The van der Waals surface area contributed by atoms with Gasteiger partial charge in [0, 0.05) is 0 Å². The Morgan fingerprint density at radius 2 is 1.92 bits per heavy atom. The minimum absolute atomic E-state index is 0.0868. The van der Waals surface area contributed by atoms with Gasteiger partial charge < -0.3 is 4.74 Å². The van der Waals surface area contributed by atoms with Crippen molar-refractivity contribution in [3.05, 3.63) is 11.6 Å². The van der Waals surface area contributed by atoms with Gasteiger partial charge in [-0.3, -0.25) is 0 Å². The van der Waals surface area contributed by atoms with Crippen molar-refractivity contribution in [3.63, 3.8) is 0 Å². The predicted molar refractivity (Wildman–Crippen MR) is 49.8 cm³/mol. The Morgan fingerprint density at radius 1 is 1.38 bits per heavy atom. The minimum atomic E-state index is -0.536. The van der Waals surface area contributed by atoms with Crippen LogP contribution in [0.1, 0.15) is 27.7 Å². The van der Waals surface area contributed by atoms with Crippen LogP contribution in [0, 0.1) is 17.2 Å². The molecule has 0 radical (unpaired) electrons. The molecule has 0 aliphatic carbocycles. The molecule has 3 nitrogen and oxygen atoms in total. The molecule has 0 amide bonds. The Morgan fingerprint density at radius 3 is 2.23 bits per heavy atom. The van der Waals surface area contributed by atoms with E-state index in [1.54, 1.807) is 19.9 Å². The van der Waals surface area contributed by atoms with E-state index in [1.807, 2.05) is 19.9 Å². The fourth-order valence-corrected chi connectivity index (χ4v) is 0.762. The molecule has 0 fully saturated rings. The lowest BCUT2D eigenvalue weighted by Crippen LogP contribution is -2.13. The molecular formula is C10H15NO2. The normalized spacial score (nSPS) is 11.6. The highest BCUT2D eigenvalue weighted by molar-refractivity contribution is 5.92. The number of ether oxygens (including phenoxy) is 1. The molecule has 0 aliphatic rings. The highest BCUT2D eigenvalue weighted by Gasteiger charge is 2.12. The Kier molecular flexibility index (Phi) is 4.83. The zero-order valence-corrected chi connectivity index (χ0v) is 8.50. The van der Waals surface area contributed by atoms with E-state index in [2.05, 4.69) is 0 Å². The molecule has 0 atom stereocenters.